The first kappa shape index (κ1) is 74.9. The van der Waals surface area contributed by atoms with Crippen LogP contribution < -0.4 is 0 Å². The van der Waals surface area contributed by atoms with Crippen LogP contribution in [0.1, 0.15) is 290 Å². The molecular formula is C66H117O11P. The number of allylic oxidation sites excluding steroid dienone is 12. The number of hydrogen-bond acceptors (Lipinski definition) is 10. The minimum Gasteiger partial charge on any atom is -0.462 e. The predicted molar refractivity (Wildman–Crippen MR) is 325 cm³/mol. The molecule has 0 aromatic rings. The van der Waals surface area contributed by atoms with E-state index in [1.54, 1.807) is 0 Å². The molecule has 0 heterocycles. The normalized spacial score (nSPS) is 13.8. The molecule has 0 rings (SSSR count). The van der Waals surface area contributed by atoms with Crippen LogP contribution >= 0.6 is 7.82 Å². The maximum absolute atomic E-state index is 12.9. The number of carbonyl (C=O) groups is 3. The molecule has 11 nitrogen and oxygen atoms in total. The van der Waals surface area contributed by atoms with Crippen molar-refractivity contribution in [2.24, 2.45) is 0 Å². The summed E-state index contributed by atoms with van der Waals surface area (Å²) in [5, 5.41) is 9.85. The van der Waals surface area contributed by atoms with Crippen molar-refractivity contribution in [3.63, 3.8) is 0 Å². The Morgan fingerprint density at radius 2 is 0.667 bits per heavy atom. The molecular weight excluding hydrogens is 1000 g/mol. The van der Waals surface area contributed by atoms with E-state index in [2.05, 4.69) is 93.7 Å². The smallest absolute Gasteiger partial charge is 0.462 e. The minimum absolute atomic E-state index is 0.151. The van der Waals surface area contributed by atoms with E-state index in [0.29, 0.717) is 19.3 Å². The van der Waals surface area contributed by atoms with Gasteiger partial charge in [0.25, 0.3) is 0 Å². The lowest BCUT2D eigenvalue weighted by atomic mass is 10.0. The van der Waals surface area contributed by atoms with Gasteiger partial charge in [-0.25, -0.2) is 4.57 Å². The van der Waals surface area contributed by atoms with Gasteiger partial charge < -0.3 is 24.2 Å². The van der Waals surface area contributed by atoms with Crippen molar-refractivity contribution in [2.45, 2.75) is 303 Å². The Hall–Kier alpha value is -3.08. The van der Waals surface area contributed by atoms with Gasteiger partial charge in [0.05, 0.1) is 19.8 Å². The fraction of sp³-hybridized carbons (Fsp3) is 0.773. The first-order valence-electron chi connectivity index (χ1n) is 31.8. The second-order valence-corrected chi connectivity index (χ2v) is 22.7. The molecule has 0 fully saturated rings. The molecule has 0 aliphatic carbocycles. The highest BCUT2D eigenvalue weighted by Crippen LogP contribution is 2.43. The van der Waals surface area contributed by atoms with Gasteiger partial charge >= 0.3 is 25.7 Å². The van der Waals surface area contributed by atoms with Crippen LogP contribution in [0.15, 0.2) is 72.9 Å². The van der Waals surface area contributed by atoms with Gasteiger partial charge in [-0.15, -0.1) is 0 Å². The number of aliphatic hydroxyl groups excluding tert-OH is 1. The summed E-state index contributed by atoms with van der Waals surface area (Å²) >= 11 is 0. The zero-order valence-corrected chi connectivity index (χ0v) is 51.0. The molecule has 0 amide bonds. The average Bonchev–Trinajstić information content (AvgIpc) is 3.43. The molecule has 0 saturated carbocycles. The van der Waals surface area contributed by atoms with Crippen LogP contribution in [0.2, 0.25) is 0 Å². The average molecular weight is 1120 g/mol. The molecule has 0 aliphatic rings. The lowest BCUT2D eigenvalue weighted by Crippen LogP contribution is -2.30. The van der Waals surface area contributed by atoms with Crippen molar-refractivity contribution >= 4 is 25.7 Å². The maximum atomic E-state index is 12.9. The highest BCUT2D eigenvalue weighted by Gasteiger charge is 2.28. The Morgan fingerprint density at radius 1 is 0.372 bits per heavy atom. The second kappa shape index (κ2) is 60.0. The molecule has 12 heteroatoms. The first-order chi connectivity index (χ1) is 38.2. The number of rotatable bonds is 59. The number of esters is 3. The van der Waals surface area contributed by atoms with Gasteiger partial charge in [0.2, 0.25) is 0 Å². The van der Waals surface area contributed by atoms with Crippen LogP contribution in [-0.4, -0.2) is 66.5 Å². The Morgan fingerprint density at radius 3 is 1.05 bits per heavy atom. The van der Waals surface area contributed by atoms with E-state index in [1.165, 1.54) is 109 Å². The molecule has 0 saturated heterocycles. The predicted octanol–water partition coefficient (Wildman–Crippen LogP) is 19.3. The Labute approximate surface area is 478 Å². The third-order valence-electron chi connectivity index (χ3n) is 13.6. The van der Waals surface area contributed by atoms with Crippen molar-refractivity contribution in [1.29, 1.82) is 0 Å². The van der Waals surface area contributed by atoms with Crippen LogP contribution in [-0.2, 0) is 42.2 Å². The van der Waals surface area contributed by atoms with Gasteiger partial charge in [-0.05, 0) is 89.9 Å². The number of phosphoric acid groups is 1. The third kappa shape index (κ3) is 57.6. The second-order valence-electron chi connectivity index (χ2n) is 21.2. The zero-order valence-electron chi connectivity index (χ0n) is 50.1. The van der Waals surface area contributed by atoms with Crippen molar-refractivity contribution in [3.8, 4) is 0 Å². The fourth-order valence-electron chi connectivity index (χ4n) is 8.79. The summed E-state index contributed by atoms with van der Waals surface area (Å²) in [5.74, 6) is -1.47. The SMILES string of the molecule is CC/C=C\C/C=C\C/C=C\C/C=C\CCCCCCCCC(=O)OC(COC(=O)CCCCCCCCCCCCCCCCC)COP(=O)(O)OCC(CO)OC(=O)CCCCCCCCC/C=C\C/C=C\CCCCC. The van der Waals surface area contributed by atoms with E-state index >= 15 is 0 Å². The van der Waals surface area contributed by atoms with Crippen LogP contribution in [0, 0.1) is 0 Å². The summed E-state index contributed by atoms with van der Waals surface area (Å²) in [4.78, 5) is 48.7. The molecule has 0 aromatic carbocycles. The van der Waals surface area contributed by atoms with Crippen molar-refractivity contribution in [2.75, 3.05) is 26.4 Å². The molecule has 2 N–H and O–H groups in total. The van der Waals surface area contributed by atoms with Crippen LogP contribution in [0.4, 0.5) is 0 Å². The van der Waals surface area contributed by atoms with Gasteiger partial charge in [-0.3, -0.25) is 23.4 Å². The van der Waals surface area contributed by atoms with Crippen molar-refractivity contribution < 1.29 is 52.2 Å². The van der Waals surface area contributed by atoms with E-state index in [4.69, 9.17) is 23.3 Å². The van der Waals surface area contributed by atoms with Crippen LogP contribution in [0.25, 0.3) is 0 Å². The van der Waals surface area contributed by atoms with E-state index in [9.17, 15) is 28.9 Å². The molecule has 78 heavy (non-hydrogen) atoms. The summed E-state index contributed by atoms with van der Waals surface area (Å²) in [6, 6.07) is 0. The molecule has 0 bridgehead atoms. The third-order valence-corrected chi connectivity index (χ3v) is 14.6. The lowest BCUT2D eigenvalue weighted by Gasteiger charge is -2.21. The fourth-order valence-corrected chi connectivity index (χ4v) is 9.57. The van der Waals surface area contributed by atoms with E-state index < -0.39 is 57.8 Å². The summed E-state index contributed by atoms with van der Waals surface area (Å²) in [5.41, 5.74) is 0. The molecule has 3 atom stereocenters. The topological polar surface area (TPSA) is 155 Å². The largest absolute Gasteiger partial charge is 0.472 e. The quantitative estimate of drug-likeness (QED) is 0.0197. The van der Waals surface area contributed by atoms with Gasteiger partial charge in [0.15, 0.2) is 6.10 Å². The first-order valence-corrected chi connectivity index (χ1v) is 33.3. The maximum Gasteiger partial charge on any atom is 0.472 e. The lowest BCUT2D eigenvalue weighted by molar-refractivity contribution is -0.161. The molecule has 0 aromatic heterocycles. The molecule has 0 radical (unpaired) electrons. The van der Waals surface area contributed by atoms with Crippen molar-refractivity contribution in [3.05, 3.63) is 72.9 Å². The number of unbranched alkanes of at least 4 members (excludes halogenated alkanes) is 30. The molecule has 0 aliphatic heterocycles. The van der Waals surface area contributed by atoms with Gasteiger partial charge in [-0.2, -0.15) is 0 Å². The summed E-state index contributed by atoms with van der Waals surface area (Å²) in [7, 11) is -4.76. The number of aliphatic hydroxyl groups is 1. The van der Waals surface area contributed by atoms with Crippen molar-refractivity contribution in [1.82, 2.24) is 0 Å². The molecule has 3 unspecified atom stereocenters. The Bertz CT molecular complexity index is 1590. The van der Waals surface area contributed by atoms with Gasteiger partial charge in [0.1, 0.15) is 12.7 Å². The number of ether oxygens (including phenoxy) is 3. The highest BCUT2D eigenvalue weighted by molar-refractivity contribution is 7.47. The summed E-state index contributed by atoms with van der Waals surface area (Å²) < 4.78 is 39.7. The number of carbonyl (C=O) groups excluding carboxylic acids is 3. The summed E-state index contributed by atoms with van der Waals surface area (Å²) in [6.45, 7) is 4.53. The van der Waals surface area contributed by atoms with Gasteiger partial charge in [0, 0.05) is 19.3 Å². The van der Waals surface area contributed by atoms with E-state index in [1.807, 2.05) is 0 Å². The van der Waals surface area contributed by atoms with E-state index in [0.717, 1.165) is 122 Å². The van der Waals surface area contributed by atoms with Gasteiger partial charge in [-0.1, -0.05) is 254 Å². The standard InChI is InChI=1S/C66H117O11P/c1-4-7-10-13-16-19-22-25-28-30-31-33-36-39-42-45-48-51-54-57-66(70)77-63(59-73-64(68)55-52-49-46-43-40-37-34-27-24-21-18-15-12-9-6-3)61-75-78(71,72)74-60-62(58-67)76-65(69)56-53-50-47-44-41-38-35-32-29-26-23-20-17-14-11-8-5-2/h7,10,16-17,19-20,25-26,28-29,31,33,62-63,67H,4-6,8-9,11-15,18,21-24,27,30,32,34-61H2,1-3H3,(H,71,72)/b10-7-,19-16-,20-17-,28-25-,29-26-,33-31-. The Kier molecular flexibility index (Phi) is 57.7. The zero-order chi connectivity index (χ0) is 56.9. The van der Waals surface area contributed by atoms with Crippen LogP contribution in [0.3, 0.4) is 0 Å². The summed E-state index contributed by atoms with van der Waals surface area (Å²) in [6.07, 6.45) is 68.4. The number of hydrogen-bond donors (Lipinski definition) is 2. The Balaban J connectivity index is 4.71. The monoisotopic (exact) mass is 1120 g/mol. The number of phosphoric ester groups is 1. The van der Waals surface area contributed by atoms with E-state index in [-0.39, 0.29) is 25.9 Å². The van der Waals surface area contributed by atoms with Crippen LogP contribution in [0.5, 0.6) is 0 Å². The highest BCUT2D eigenvalue weighted by atomic mass is 31.2. The molecule has 0 spiro atoms. The molecule has 452 valence electrons. The minimum atomic E-state index is -4.76.